The first-order chi connectivity index (χ1) is 5.13. The van der Waals surface area contributed by atoms with Gasteiger partial charge in [-0.15, -0.1) is 0 Å². The van der Waals surface area contributed by atoms with Gasteiger partial charge < -0.3 is 0 Å². The molecule has 0 heterocycles. The minimum Gasteiger partial charge on any atom is -0.208 e. The maximum Gasteiger partial charge on any atom is 0.157 e. The van der Waals surface area contributed by atoms with Gasteiger partial charge >= 0.3 is 0 Å². The van der Waals surface area contributed by atoms with Crippen LogP contribution in [0.15, 0.2) is 23.3 Å². The van der Waals surface area contributed by atoms with Crippen LogP contribution in [0, 0.1) is 5.92 Å². The molecule has 0 nitrogen and oxygen atoms in total. The Labute approximate surface area is 65.6 Å². The van der Waals surface area contributed by atoms with E-state index in [1.165, 1.54) is 0 Å². The molecular formula is C9H12F2. The van der Waals surface area contributed by atoms with Crippen LogP contribution in [0.25, 0.3) is 0 Å². The van der Waals surface area contributed by atoms with Crippen LogP contribution in [-0.4, -0.2) is 0 Å². The number of rotatable bonds is 0. The fourth-order valence-corrected chi connectivity index (χ4v) is 1.17. The van der Waals surface area contributed by atoms with Crippen molar-refractivity contribution >= 4 is 0 Å². The van der Waals surface area contributed by atoms with Gasteiger partial charge in [0.15, 0.2) is 5.83 Å². The third-order valence-electron chi connectivity index (χ3n) is 2.04. The number of hydrogen-bond acceptors (Lipinski definition) is 0. The second-order valence-corrected chi connectivity index (χ2v) is 3.03. The molecule has 0 aromatic heterocycles. The van der Waals surface area contributed by atoms with Crippen molar-refractivity contribution in [3.8, 4) is 0 Å². The summed E-state index contributed by atoms with van der Waals surface area (Å²) in [5, 5.41) is 0. The normalized spacial score (nSPS) is 26.5. The molecule has 1 unspecified atom stereocenters. The highest BCUT2D eigenvalue weighted by atomic mass is 19.2. The van der Waals surface area contributed by atoms with Crippen LogP contribution in [-0.2, 0) is 0 Å². The predicted molar refractivity (Wildman–Crippen MR) is 41.4 cm³/mol. The van der Waals surface area contributed by atoms with Crippen molar-refractivity contribution in [2.24, 2.45) is 5.92 Å². The maximum absolute atomic E-state index is 12.9. The Morgan fingerprint density at radius 2 is 2.09 bits per heavy atom. The molecule has 62 valence electrons. The molecule has 0 radical (unpaired) electrons. The summed E-state index contributed by atoms with van der Waals surface area (Å²) in [4.78, 5) is 0. The predicted octanol–water partition coefficient (Wildman–Crippen LogP) is 3.51. The molecule has 0 aromatic rings. The highest BCUT2D eigenvalue weighted by Gasteiger charge is 2.17. The van der Waals surface area contributed by atoms with Crippen LogP contribution >= 0.6 is 0 Å². The van der Waals surface area contributed by atoms with Crippen molar-refractivity contribution in [2.45, 2.75) is 26.7 Å². The van der Waals surface area contributed by atoms with E-state index in [4.69, 9.17) is 0 Å². The lowest BCUT2D eigenvalue weighted by Gasteiger charge is -2.04. The molecule has 1 rings (SSSR count). The monoisotopic (exact) mass is 158 g/mol. The van der Waals surface area contributed by atoms with Gasteiger partial charge in [0.25, 0.3) is 0 Å². The van der Waals surface area contributed by atoms with Crippen molar-refractivity contribution in [3.05, 3.63) is 23.3 Å². The van der Waals surface area contributed by atoms with E-state index in [9.17, 15) is 8.78 Å². The number of halogens is 2. The van der Waals surface area contributed by atoms with Crippen molar-refractivity contribution in [1.29, 1.82) is 0 Å². The molecule has 1 aliphatic rings. The molecule has 0 spiro atoms. The highest BCUT2D eigenvalue weighted by molar-refractivity contribution is 5.28. The van der Waals surface area contributed by atoms with Crippen LogP contribution < -0.4 is 0 Å². The van der Waals surface area contributed by atoms with Crippen LogP contribution in [0.4, 0.5) is 8.78 Å². The van der Waals surface area contributed by atoms with Crippen LogP contribution in [0.1, 0.15) is 26.7 Å². The number of allylic oxidation sites excluding steroid dienone is 4. The average molecular weight is 158 g/mol. The zero-order chi connectivity index (χ0) is 8.43. The summed E-state index contributed by atoms with van der Waals surface area (Å²) in [5.74, 6) is -1.50. The molecule has 2 heteroatoms. The van der Waals surface area contributed by atoms with Crippen molar-refractivity contribution in [1.82, 2.24) is 0 Å². The summed E-state index contributed by atoms with van der Waals surface area (Å²) >= 11 is 0. The quantitative estimate of drug-likeness (QED) is 0.506. The van der Waals surface area contributed by atoms with Gasteiger partial charge in [0.2, 0.25) is 0 Å². The standard InChI is InChI=1S/C9H12F2/c1-6-4-3-5-7(2)9(11)8(6)10/h4,7H,3,5H2,1-2H3. The summed E-state index contributed by atoms with van der Waals surface area (Å²) in [6.07, 6.45) is 3.23. The lowest BCUT2D eigenvalue weighted by Crippen LogP contribution is -1.94. The number of hydrogen-bond donors (Lipinski definition) is 0. The zero-order valence-corrected chi connectivity index (χ0v) is 6.82. The van der Waals surface area contributed by atoms with Crippen molar-refractivity contribution in [2.75, 3.05) is 0 Å². The van der Waals surface area contributed by atoms with Gasteiger partial charge in [-0.05, 0) is 25.3 Å². The summed E-state index contributed by atoms with van der Waals surface area (Å²) in [7, 11) is 0. The molecule has 0 saturated carbocycles. The molecule has 0 aromatic carbocycles. The molecule has 0 fully saturated rings. The van der Waals surface area contributed by atoms with Gasteiger partial charge in [0.1, 0.15) is 5.83 Å². The second-order valence-electron chi connectivity index (χ2n) is 3.03. The van der Waals surface area contributed by atoms with Gasteiger partial charge in [-0.1, -0.05) is 13.0 Å². The molecule has 1 aliphatic carbocycles. The molecule has 1 atom stereocenters. The SMILES string of the molecule is CC1=CCCC(C)C(F)=C1F. The Morgan fingerprint density at radius 3 is 2.73 bits per heavy atom. The van der Waals surface area contributed by atoms with Gasteiger partial charge in [-0.3, -0.25) is 0 Å². The Kier molecular flexibility index (Phi) is 2.42. The smallest absolute Gasteiger partial charge is 0.157 e. The molecule has 0 bridgehead atoms. The first kappa shape index (κ1) is 8.44. The largest absolute Gasteiger partial charge is 0.208 e. The second kappa shape index (κ2) is 3.16. The van der Waals surface area contributed by atoms with E-state index in [1.54, 1.807) is 19.9 Å². The Morgan fingerprint density at radius 1 is 1.45 bits per heavy atom. The molecular weight excluding hydrogens is 146 g/mol. The summed E-state index contributed by atoms with van der Waals surface area (Å²) < 4.78 is 25.9. The fourth-order valence-electron chi connectivity index (χ4n) is 1.17. The van der Waals surface area contributed by atoms with E-state index in [2.05, 4.69) is 0 Å². The van der Waals surface area contributed by atoms with Crippen molar-refractivity contribution < 1.29 is 8.78 Å². The fraction of sp³-hybridized carbons (Fsp3) is 0.556. The third-order valence-corrected chi connectivity index (χ3v) is 2.04. The van der Waals surface area contributed by atoms with E-state index in [1.807, 2.05) is 0 Å². The van der Waals surface area contributed by atoms with Gasteiger partial charge in [-0.2, -0.15) is 0 Å². The third kappa shape index (κ3) is 1.67. The Hall–Kier alpha value is -0.660. The van der Waals surface area contributed by atoms with Crippen LogP contribution in [0.5, 0.6) is 0 Å². The summed E-state index contributed by atoms with van der Waals surface area (Å²) in [5.41, 5.74) is 0.437. The molecule has 0 aliphatic heterocycles. The maximum atomic E-state index is 12.9. The molecule has 0 N–H and O–H groups in total. The zero-order valence-electron chi connectivity index (χ0n) is 6.82. The Bertz CT molecular complexity index is 214. The van der Waals surface area contributed by atoms with Gasteiger partial charge in [0, 0.05) is 5.92 Å². The van der Waals surface area contributed by atoms with E-state index in [0.717, 1.165) is 6.42 Å². The minimum absolute atomic E-state index is 0.260. The van der Waals surface area contributed by atoms with E-state index < -0.39 is 11.7 Å². The molecule has 0 saturated heterocycles. The highest BCUT2D eigenvalue weighted by Crippen LogP contribution is 2.29. The van der Waals surface area contributed by atoms with E-state index >= 15 is 0 Å². The topological polar surface area (TPSA) is 0 Å². The molecule has 11 heavy (non-hydrogen) atoms. The summed E-state index contributed by atoms with van der Waals surface area (Å²) in [6.45, 7) is 3.31. The van der Waals surface area contributed by atoms with Crippen LogP contribution in [0.3, 0.4) is 0 Å². The Balaban J connectivity index is 2.96. The molecule has 0 amide bonds. The minimum atomic E-state index is -0.657. The average Bonchev–Trinajstić information content (AvgIpc) is 2.07. The van der Waals surface area contributed by atoms with Gasteiger partial charge in [0.05, 0.1) is 0 Å². The van der Waals surface area contributed by atoms with Gasteiger partial charge in [-0.25, -0.2) is 8.78 Å². The van der Waals surface area contributed by atoms with Crippen LogP contribution in [0.2, 0.25) is 0 Å². The summed E-state index contributed by atoms with van der Waals surface area (Å²) in [6, 6.07) is 0. The lowest BCUT2D eigenvalue weighted by atomic mass is 10.1. The first-order valence-electron chi connectivity index (χ1n) is 3.85. The first-order valence-corrected chi connectivity index (χ1v) is 3.85. The lowest BCUT2D eigenvalue weighted by molar-refractivity contribution is 0.440. The van der Waals surface area contributed by atoms with Crippen molar-refractivity contribution in [3.63, 3.8) is 0 Å². The van der Waals surface area contributed by atoms with E-state index in [0.29, 0.717) is 12.0 Å². The van der Waals surface area contributed by atoms with E-state index in [-0.39, 0.29) is 5.92 Å².